The van der Waals surface area contributed by atoms with Crippen molar-refractivity contribution in [1.29, 1.82) is 0 Å². The van der Waals surface area contributed by atoms with Crippen molar-refractivity contribution < 1.29 is 0 Å². The smallest absolute Gasteiger partial charge is 0.148 e. The van der Waals surface area contributed by atoms with Crippen LogP contribution in [0.3, 0.4) is 0 Å². The van der Waals surface area contributed by atoms with Crippen molar-refractivity contribution in [2.45, 2.75) is 20.0 Å². The highest BCUT2D eigenvalue weighted by Gasteiger charge is 2.03. The third kappa shape index (κ3) is 2.46. The zero-order valence-electron chi connectivity index (χ0n) is 9.59. The van der Waals surface area contributed by atoms with Crippen molar-refractivity contribution in [3.05, 3.63) is 30.1 Å². The van der Waals surface area contributed by atoms with Crippen LogP contribution in [0.25, 0.3) is 0 Å². The molecule has 6 heteroatoms. The molecule has 0 aliphatic rings. The van der Waals surface area contributed by atoms with Crippen LogP contribution >= 0.6 is 0 Å². The average Bonchev–Trinajstić information content (AvgIpc) is 2.87. The first-order valence-electron chi connectivity index (χ1n) is 5.34. The maximum Gasteiger partial charge on any atom is 0.148 e. The van der Waals surface area contributed by atoms with Crippen molar-refractivity contribution in [3.8, 4) is 0 Å². The quantitative estimate of drug-likeness (QED) is 0.780. The van der Waals surface area contributed by atoms with E-state index in [1.54, 1.807) is 11.0 Å². The van der Waals surface area contributed by atoms with Crippen LogP contribution in [-0.2, 0) is 20.1 Å². The summed E-state index contributed by atoms with van der Waals surface area (Å²) in [5.41, 5.74) is 1.18. The second-order valence-corrected chi connectivity index (χ2v) is 3.63. The molecule has 0 aliphatic heterocycles. The Morgan fingerprint density at radius 3 is 2.94 bits per heavy atom. The van der Waals surface area contributed by atoms with Gasteiger partial charge in [0.15, 0.2) is 0 Å². The highest BCUT2D eigenvalue weighted by molar-refractivity contribution is 5.04. The van der Waals surface area contributed by atoms with Gasteiger partial charge in [0.2, 0.25) is 0 Å². The molecule has 2 aromatic rings. The maximum absolute atomic E-state index is 4.28. The zero-order valence-corrected chi connectivity index (χ0v) is 9.59. The molecule has 0 atom stereocenters. The normalized spacial score (nSPS) is 10.9. The SMILES string of the molecule is CCNCc1cnn(Cc2ncnn2C)c1. The second kappa shape index (κ2) is 4.89. The summed E-state index contributed by atoms with van der Waals surface area (Å²) in [5, 5.41) is 11.6. The molecule has 2 rings (SSSR count). The molecule has 2 heterocycles. The molecule has 6 nitrogen and oxygen atoms in total. The topological polar surface area (TPSA) is 60.6 Å². The lowest BCUT2D eigenvalue weighted by Gasteiger charge is -2.00. The van der Waals surface area contributed by atoms with E-state index in [0.29, 0.717) is 6.54 Å². The summed E-state index contributed by atoms with van der Waals surface area (Å²) in [4.78, 5) is 4.16. The Morgan fingerprint density at radius 1 is 1.38 bits per heavy atom. The van der Waals surface area contributed by atoms with Gasteiger partial charge in [-0.1, -0.05) is 6.92 Å². The number of nitrogens with one attached hydrogen (secondary N) is 1. The van der Waals surface area contributed by atoms with Crippen LogP contribution in [0, 0.1) is 0 Å². The Hall–Kier alpha value is -1.69. The summed E-state index contributed by atoms with van der Waals surface area (Å²) in [6.07, 6.45) is 5.45. The Kier molecular flexibility index (Phi) is 3.31. The van der Waals surface area contributed by atoms with Crippen LogP contribution < -0.4 is 5.32 Å². The van der Waals surface area contributed by atoms with Crippen LogP contribution in [0.4, 0.5) is 0 Å². The number of rotatable bonds is 5. The van der Waals surface area contributed by atoms with Crippen LogP contribution in [0.15, 0.2) is 18.7 Å². The molecule has 86 valence electrons. The fourth-order valence-electron chi connectivity index (χ4n) is 1.46. The molecule has 0 bridgehead atoms. The minimum Gasteiger partial charge on any atom is -0.313 e. The molecule has 0 unspecified atom stereocenters. The van der Waals surface area contributed by atoms with Gasteiger partial charge in [-0.3, -0.25) is 9.36 Å². The standard InChI is InChI=1S/C10H16N6/c1-3-11-4-9-5-13-16(6-9)7-10-12-8-14-15(10)2/h5-6,8,11H,3-4,7H2,1-2H3. The molecule has 0 spiro atoms. The van der Waals surface area contributed by atoms with E-state index in [0.717, 1.165) is 18.9 Å². The monoisotopic (exact) mass is 220 g/mol. The predicted octanol–water partition coefficient (Wildman–Crippen LogP) is 0.169. The summed E-state index contributed by atoms with van der Waals surface area (Å²) in [6, 6.07) is 0. The average molecular weight is 220 g/mol. The third-order valence-corrected chi connectivity index (χ3v) is 2.37. The minimum atomic E-state index is 0.655. The molecule has 0 saturated heterocycles. The van der Waals surface area contributed by atoms with Gasteiger partial charge in [-0.15, -0.1) is 0 Å². The van der Waals surface area contributed by atoms with E-state index in [9.17, 15) is 0 Å². The van der Waals surface area contributed by atoms with Gasteiger partial charge < -0.3 is 5.32 Å². The van der Waals surface area contributed by atoms with Gasteiger partial charge in [0, 0.05) is 25.4 Å². The number of nitrogens with zero attached hydrogens (tertiary/aromatic N) is 5. The van der Waals surface area contributed by atoms with Crippen LogP contribution in [-0.4, -0.2) is 31.1 Å². The van der Waals surface area contributed by atoms with Gasteiger partial charge in [0.25, 0.3) is 0 Å². The fraction of sp³-hybridized carbons (Fsp3) is 0.500. The van der Waals surface area contributed by atoms with Gasteiger partial charge in [0.05, 0.1) is 6.20 Å². The third-order valence-electron chi connectivity index (χ3n) is 2.37. The van der Waals surface area contributed by atoms with Gasteiger partial charge in [-0.05, 0) is 6.54 Å². The van der Waals surface area contributed by atoms with E-state index in [2.05, 4.69) is 27.4 Å². The Balaban J connectivity index is 2.00. The lowest BCUT2D eigenvalue weighted by atomic mass is 10.3. The summed E-state index contributed by atoms with van der Waals surface area (Å²) in [5.74, 6) is 0.901. The molecular weight excluding hydrogens is 204 g/mol. The largest absolute Gasteiger partial charge is 0.313 e. The molecule has 0 amide bonds. The first kappa shape index (κ1) is 10.8. The lowest BCUT2D eigenvalue weighted by molar-refractivity contribution is 0.607. The first-order chi connectivity index (χ1) is 7.79. The van der Waals surface area contributed by atoms with Crippen LogP contribution in [0.1, 0.15) is 18.3 Å². The Labute approximate surface area is 94.3 Å². The predicted molar refractivity (Wildman–Crippen MR) is 59.7 cm³/mol. The molecule has 1 N–H and O–H groups in total. The molecule has 0 saturated carbocycles. The summed E-state index contributed by atoms with van der Waals surface area (Å²) >= 11 is 0. The number of hydrogen-bond donors (Lipinski definition) is 1. The van der Waals surface area contributed by atoms with Crippen molar-refractivity contribution in [2.75, 3.05) is 6.54 Å². The van der Waals surface area contributed by atoms with Gasteiger partial charge in [0.1, 0.15) is 18.7 Å². The molecular formula is C10H16N6. The highest BCUT2D eigenvalue weighted by atomic mass is 15.3. The molecule has 2 aromatic heterocycles. The molecule has 0 aliphatic carbocycles. The lowest BCUT2D eigenvalue weighted by Crippen LogP contribution is -2.11. The van der Waals surface area contributed by atoms with E-state index in [-0.39, 0.29) is 0 Å². The fourth-order valence-corrected chi connectivity index (χ4v) is 1.46. The van der Waals surface area contributed by atoms with Crippen molar-refractivity contribution >= 4 is 0 Å². The second-order valence-electron chi connectivity index (χ2n) is 3.63. The molecule has 0 fully saturated rings. The summed E-state index contributed by atoms with van der Waals surface area (Å²) < 4.78 is 3.63. The Bertz CT molecular complexity index is 444. The first-order valence-corrected chi connectivity index (χ1v) is 5.34. The summed E-state index contributed by atoms with van der Waals surface area (Å²) in [7, 11) is 1.88. The van der Waals surface area contributed by atoms with Crippen molar-refractivity contribution in [3.63, 3.8) is 0 Å². The molecule has 16 heavy (non-hydrogen) atoms. The van der Waals surface area contributed by atoms with Crippen molar-refractivity contribution in [2.24, 2.45) is 7.05 Å². The van der Waals surface area contributed by atoms with Crippen LogP contribution in [0.5, 0.6) is 0 Å². The van der Waals surface area contributed by atoms with Gasteiger partial charge in [-0.25, -0.2) is 4.98 Å². The van der Waals surface area contributed by atoms with E-state index in [4.69, 9.17) is 0 Å². The van der Waals surface area contributed by atoms with E-state index in [1.165, 1.54) is 5.56 Å². The van der Waals surface area contributed by atoms with Gasteiger partial charge in [-0.2, -0.15) is 10.2 Å². The minimum absolute atomic E-state index is 0.655. The Morgan fingerprint density at radius 2 is 2.25 bits per heavy atom. The number of aromatic nitrogens is 5. The number of hydrogen-bond acceptors (Lipinski definition) is 4. The zero-order chi connectivity index (χ0) is 11.4. The molecule has 0 aromatic carbocycles. The van der Waals surface area contributed by atoms with Gasteiger partial charge >= 0.3 is 0 Å². The number of aryl methyl sites for hydroxylation is 1. The van der Waals surface area contributed by atoms with E-state index in [1.807, 2.05) is 24.1 Å². The maximum atomic E-state index is 4.28. The summed E-state index contributed by atoms with van der Waals surface area (Å²) in [6.45, 7) is 4.57. The van der Waals surface area contributed by atoms with E-state index >= 15 is 0 Å². The molecule has 0 radical (unpaired) electrons. The van der Waals surface area contributed by atoms with E-state index < -0.39 is 0 Å². The highest BCUT2D eigenvalue weighted by Crippen LogP contribution is 2.00. The van der Waals surface area contributed by atoms with Crippen LogP contribution in [0.2, 0.25) is 0 Å². The van der Waals surface area contributed by atoms with Crippen molar-refractivity contribution in [1.82, 2.24) is 29.9 Å².